The molecule has 3 heterocycles. The molecule has 2 aliphatic rings. The number of aliphatic hydroxyl groups is 3. The van der Waals surface area contributed by atoms with E-state index in [1.807, 2.05) is 0 Å². The van der Waals surface area contributed by atoms with E-state index in [9.17, 15) is 15.0 Å². The number of anilines is 1. The third-order valence-corrected chi connectivity index (χ3v) is 3.38. The molecule has 0 aliphatic carbocycles. The zero-order valence-electron chi connectivity index (χ0n) is 10.3. The largest absolute Gasteiger partial charge is 0.394 e. The molecule has 0 bridgehead atoms. The standard InChI is InChI=1S/C10H15N5O5/c11-10-13-7-4(8(19)14-10)12-2-15(7)9-6(18)5(17)3(1-16)20-9/h2-3,5-6,9-10,13,16-18H,1,11H2,(H,14,19)/t3-,5?,6?,9-,10?/m1/s1. The van der Waals surface area contributed by atoms with Crippen molar-refractivity contribution in [3.05, 3.63) is 12.0 Å². The van der Waals surface area contributed by atoms with Crippen LogP contribution < -0.4 is 16.4 Å². The summed E-state index contributed by atoms with van der Waals surface area (Å²) in [5.41, 5.74) is 5.72. The second kappa shape index (κ2) is 4.68. The highest BCUT2D eigenvalue weighted by molar-refractivity contribution is 5.99. The zero-order valence-corrected chi connectivity index (χ0v) is 10.3. The maximum absolute atomic E-state index is 11.7. The van der Waals surface area contributed by atoms with Crippen molar-refractivity contribution in [2.75, 3.05) is 11.9 Å². The highest BCUT2D eigenvalue weighted by atomic mass is 16.6. The van der Waals surface area contributed by atoms with Crippen LogP contribution in [0.15, 0.2) is 6.33 Å². The number of rotatable bonds is 2. The van der Waals surface area contributed by atoms with Crippen LogP contribution in [0.25, 0.3) is 0 Å². The van der Waals surface area contributed by atoms with E-state index in [0.29, 0.717) is 0 Å². The Bertz CT molecular complexity index is 534. The van der Waals surface area contributed by atoms with E-state index in [0.717, 1.165) is 0 Å². The smallest absolute Gasteiger partial charge is 0.276 e. The minimum absolute atomic E-state index is 0.115. The lowest BCUT2D eigenvalue weighted by Gasteiger charge is -2.25. The molecule has 1 aromatic heterocycles. The molecule has 0 aromatic carbocycles. The molecule has 10 heteroatoms. The summed E-state index contributed by atoms with van der Waals surface area (Å²) in [6.07, 6.45) is -3.84. The maximum Gasteiger partial charge on any atom is 0.276 e. The number of imidazole rings is 1. The number of hydrogen-bond acceptors (Lipinski definition) is 8. The highest BCUT2D eigenvalue weighted by Crippen LogP contribution is 2.33. The molecule has 110 valence electrons. The molecule has 1 saturated heterocycles. The number of nitrogens with two attached hydrogens (primary N) is 1. The first-order valence-corrected chi connectivity index (χ1v) is 6.05. The third kappa shape index (κ3) is 1.85. The lowest BCUT2D eigenvalue weighted by molar-refractivity contribution is -0.0519. The van der Waals surface area contributed by atoms with Crippen molar-refractivity contribution in [3.8, 4) is 0 Å². The molecule has 7 N–H and O–H groups in total. The average Bonchev–Trinajstić information content (AvgIpc) is 2.93. The lowest BCUT2D eigenvalue weighted by atomic mass is 10.1. The second-order valence-corrected chi connectivity index (χ2v) is 4.67. The number of carbonyl (C=O) groups is 1. The van der Waals surface area contributed by atoms with Crippen molar-refractivity contribution < 1.29 is 24.9 Å². The summed E-state index contributed by atoms with van der Waals surface area (Å²) in [4.78, 5) is 15.6. The van der Waals surface area contributed by atoms with Gasteiger partial charge in [-0.05, 0) is 0 Å². The van der Waals surface area contributed by atoms with Gasteiger partial charge in [-0.15, -0.1) is 0 Å². The van der Waals surface area contributed by atoms with Gasteiger partial charge in [-0.3, -0.25) is 15.1 Å². The summed E-state index contributed by atoms with van der Waals surface area (Å²) < 4.78 is 6.75. The van der Waals surface area contributed by atoms with Gasteiger partial charge in [0.15, 0.2) is 18.2 Å². The molecule has 3 rings (SSSR count). The Kier molecular flexibility index (Phi) is 3.11. The maximum atomic E-state index is 11.7. The Hall–Kier alpha value is -1.72. The first kappa shape index (κ1) is 13.3. The Balaban J connectivity index is 1.94. The Morgan fingerprint density at radius 1 is 1.40 bits per heavy atom. The second-order valence-electron chi connectivity index (χ2n) is 4.67. The van der Waals surface area contributed by atoms with Crippen LogP contribution in [0.2, 0.25) is 0 Å². The van der Waals surface area contributed by atoms with E-state index < -0.39 is 43.3 Å². The molecule has 0 saturated carbocycles. The summed E-state index contributed by atoms with van der Waals surface area (Å²) in [7, 11) is 0. The number of nitrogens with one attached hydrogen (secondary N) is 2. The van der Waals surface area contributed by atoms with Gasteiger partial charge >= 0.3 is 0 Å². The molecule has 10 nitrogen and oxygen atoms in total. The van der Waals surface area contributed by atoms with Crippen molar-refractivity contribution >= 4 is 11.7 Å². The number of hydrogen-bond donors (Lipinski definition) is 6. The molecule has 0 radical (unpaired) electrons. The molecule has 3 unspecified atom stereocenters. The lowest BCUT2D eigenvalue weighted by Crippen LogP contribution is -2.51. The molecule has 1 fully saturated rings. The van der Waals surface area contributed by atoms with Crippen molar-refractivity contribution in [2.45, 2.75) is 30.8 Å². The van der Waals surface area contributed by atoms with Crippen LogP contribution in [0.3, 0.4) is 0 Å². The van der Waals surface area contributed by atoms with Gasteiger partial charge in [-0.1, -0.05) is 0 Å². The Morgan fingerprint density at radius 2 is 2.15 bits per heavy atom. The Labute approximate surface area is 113 Å². The fourth-order valence-corrected chi connectivity index (χ4v) is 2.37. The molecule has 2 aliphatic heterocycles. The van der Waals surface area contributed by atoms with E-state index >= 15 is 0 Å². The average molecular weight is 285 g/mol. The Morgan fingerprint density at radius 3 is 2.80 bits per heavy atom. The van der Waals surface area contributed by atoms with Gasteiger partial charge in [0.2, 0.25) is 0 Å². The predicted molar refractivity (Wildman–Crippen MR) is 64.3 cm³/mol. The van der Waals surface area contributed by atoms with Gasteiger partial charge in [0, 0.05) is 0 Å². The highest BCUT2D eigenvalue weighted by Gasteiger charge is 2.45. The van der Waals surface area contributed by atoms with E-state index in [1.54, 1.807) is 0 Å². The van der Waals surface area contributed by atoms with Crippen LogP contribution in [-0.2, 0) is 4.74 Å². The fraction of sp³-hybridized carbons (Fsp3) is 0.600. The van der Waals surface area contributed by atoms with Gasteiger partial charge in [-0.25, -0.2) is 4.98 Å². The molecule has 5 atom stereocenters. The number of aliphatic hydroxyl groups excluding tert-OH is 3. The normalized spacial score (nSPS) is 36.4. The minimum atomic E-state index is -1.26. The summed E-state index contributed by atoms with van der Waals surface area (Å²) in [6, 6.07) is 0. The zero-order chi connectivity index (χ0) is 14.4. The van der Waals surface area contributed by atoms with Crippen LogP contribution in [0, 0.1) is 0 Å². The first-order chi connectivity index (χ1) is 9.52. The summed E-state index contributed by atoms with van der Waals surface area (Å²) >= 11 is 0. The van der Waals surface area contributed by atoms with Crippen molar-refractivity contribution in [1.82, 2.24) is 14.9 Å². The number of fused-ring (bicyclic) bond motifs is 1. The molecule has 20 heavy (non-hydrogen) atoms. The number of ether oxygens (including phenoxy) is 1. The van der Waals surface area contributed by atoms with Crippen molar-refractivity contribution in [3.63, 3.8) is 0 Å². The van der Waals surface area contributed by atoms with Crippen molar-refractivity contribution in [1.29, 1.82) is 0 Å². The van der Waals surface area contributed by atoms with Gasteiger partial charge in [-0.2, -0.15) is 0 Å². The number of carbonyl (C=O) groups excluding carboxylic acids is 1. The minimum Gasteiger partial charge on any atom is -0.394 e. The number of nitrogens with zero attached hydrogens (tertiary/aromatic N) is 2. The summed E-state index contributed by atoms with van der Waals surface area (Å²) in [5, 5.41) is 34.0. The van der Waals surface area contributed by atoms with Crippen LogP contribution in [0.4, 0.5) is 5.82 Å². The first-order valence-electron chi connectivity index (χ1n) is 6.05. The van der Waals surface area contributed by atoms with Crippen LogP contribution in [0.5, 0.6) is 0 Å². The number of aromatic nitrogens is 2. The van der Waals surface area contributed by atoms with Gasteiger partial charge in [0.25, 0.3) is 5.91 Å². The topological polar surface area (TPSA) is 155 Å². The van der Waals surface area contributed by atoms with E-state index in [4.69, 9.17) is 15.6 Å². The quantitative estimate of drug-likeness (QED) is 0.333. The van der Waals surface area contributed by atoms with Gasteiger partial charge in [0.1, 0.15) is 24.1 Å². The number of amides is 1. The van der Waals surface area contributed by atoms with E-state index in [2.05, 4.69) is 15.6 Å². The summed E-state index contributed by atoms with van der Waals surface area (Å²) in [5.74, 6) is -0.159. The molecular formula is C10H15N5O5. The molecule has 1 amide bonds. The SMILES string of the molecule is NC1NC(=O)c2ncn([C@@H]3O[C@H](CO)C(O)C3O)c2N1. The fourth-order valence-electron chi connectivity index (χ4n) is 2.37. The van der Waals surface area contributed by atoms with Crippen LogP contribution in [-0.4, -0.2) is 62.0 Å². The van der Waals surface area contributed by atoms with Crippen LogP contribution >= 0.6 is 0 Å². The predicted octanol–water partition coefficient (Wildman–Crippen LogP) is -3.11. The van der Waals surface area contributed by atoms with Crippen molar-refractivity contribution in [2.24, 2.45) is 5.73 Å². The van der Waals surface area contributed by atoms with Gasteiger partial charge < -0.3 is 30.7 Å². The summed E-state index contributed by atoms with van der Waals surface area (Å²) in [6.45, 7) is -0.432. The molecular weight excluding hydrogens is 270 g/mol. The van der Waals surface area contributed by atoms with Crippen LogP contribution in [0.1, 0.15) is 16.7 Å². The monoisotopic (exact) mass is 285 g/mol. The molecule has 1 aromatic rings. The molecule has 0 spiro atoms. The van der Waals surface area contributed by atoms with Gasteiger partial charge in [0.05, 0.1) is 12.9 Å². The van der Waals surface area contributed by atoms with E-state index in [1.165, 1.54) is 10.9 Å². The van der Waals surface area contributed by atoms with E-state index in [-0.39, 0.29) is 11.5 Å². The third-order valence-electron chi connectivity index (χ3n) is 3.38.